The molecule has 0 atom stereocenters. The molecule has 0 aliphatic carbocycles. The van der Waals surface area contributed by atoms with Crippen LogP contribution in [0.25, 0.3) is 0 Å². The fourth-order valence-corrected chi connectivity index (χ4v) is 4.61. The maximum absolute atomic E-state index is 12.3. The first-order valence-corrected chi connectivity index (χ1v) is 11.5. The number of carbonyl (C=O) groups excluding carboxylic acids is 2. The Morgan fingerprint density at radius 1 is 1.33 bits per heavy atom. The molecule has 0 unspecified atom stereocenters. The van der Waals surface area contributed by atoms with Crippen LogP contribution in [0.15, 0.2) is 21.9 Å². The zero-order chi connectivity index (χ0) is 19.6. The molecule has 2 heterocycles. The number of hydrogen-bond donors (Lipinski definition) is 2. The molecule has 2 aromatic heterocycles. The lowest BCUT2D eigenvalue weighted by atomic mass is 10.3. The molecular weight excluding hydrogens is 402 g/mol. The maximum Gasteiger partial charge on any atom is 0.239 e. The number of thioether (sulfide) groups is 1. The molecule has 10 heteroatoms. The van der Waals surface area contributed by atoms with Gasteiger partial charge in [-0.1, -0.05) is 29.2 Å². The summed E-state index contributed by atoms with van der Waals surface area (Å²) in [5, 5.41) is 17.1. The molecule has 0 aliphatic heterocycles. The highest BCUT2D eigenvalue weighted by atomic mass is 32.2. The van der Waals surface area contributed by atoms with E-state index in [0.29, 0.717) is 6.54 Å². The Morgan fingerprint density at radius 2 is 2.15 bits per heavy atom. The summed E-state index contributed by atoms with van der Waals surface area (Å²) in [6.07, 6.45) is 0.947. The van der Waals surface area contributed by atoms with Crippen molar-refractivity contribution in [2.45, 2.75) is 37.6 Å². The van der Waals surface area contributed by atoms with Gasteiger partial charge in [-0.2, -0.15) is 0 Å². The Hall–Kier alpha value is -1.65. The number of likely N-dealkylation sites (N-methyl/N-ethyl adjacent to an activating group) is 1. The van der Waals surface area contributed by atoms with Gasteiger partial charge in [0, 0.05) is 24.0 Å². The van der Waals surface area contributed by atoms with E-state index in [1.54, 1.807) is 16.2 Å². The van der Waals surface area contributed by atoms with E-state index in [-0.39, 0.29) is 30.2 Å². The van der Waals surface area contributed by atoms with Crippen molar-refractivity contribution in [3.8, 4) is 0 Å². The second-order valence-electron chi connectivity index (χ2n) is 6.05. The van der Waals surface area contributed by atoms with Crippen LogP contribution < -0.4 is 10.6 Å². The molecule has 2 aromatic rings. The van der Waals surface area contributed by atoms with Gasteiger partial charge in [0.25, 0.3) is 0 Å². The number of rotatable bonds is 11. The Balaban J connectivity index is 1.73. The van der Waals surface area contributed by atoms with Gasteiger partial charge in [-0.15, -0.1) is 21.5 Å². The Kier molecular flexibility index (Phi) is 9.02. The lowest BCUT2D eigenvalue weighted by Gasteiger charge is -2.20. The fraction of sp³-hybridized carbons (Fsp3) is 0.529. The molecule has 2 amide bonds. The van der Waals surface area contributed by atoms with E-state index in [0.717, 1.165) is 22.4 Å². The smallest absolute Gasteiger partial charge is 0.239 e. The summed E-state index contributed by atoms with van der Waals surface area (Å²) >= 11 is 4.53. The van der Waals surface area contributed by atoms with Crippen LogP contribution in [-0.2, 0) is 16.0 Å². The third-order valence-electron chi connectivity index (χ3n) is 3.47. The van der Waals surface area contributed by atoms with E-state index in [2.05, 4.69) is 32.3 Å². The Bertz CT molecular complexity index is 718. The number of amides is 2. The molecule has 2 rings (SSSR count). The summed E-state index contributed by atoms with van der Waals surface area (Å²) in [5.74, 6) is 0.0225. The van der Waals surface area contributed by atoms with Crippen molar-refractivity contribution in [2.75, 3.05) is 30.7 Å². The number of carbonyl (C=O) groups is 2. The zero-order valence-electron chi connectivity index (χ0n) is 15.7. The van der Waals surface area contributed by atoms with Gasteiger partial charge in [0.1, 0.15) is 0 Å². The number of nitrogens with one attached hydrogen (secondary N) is 2. The summed E-state index contributed by atoms with van der Waals surface area (Å²) < 4.78 is 0.740. The second-order valence-corrected chi connectivity index (χ2v) is 9.28. The van der Waals surface area contributed by atoms with Crippen LogP contribution in [0.1, 0.15) is 25.6 Å². The first-order chi connectivity index (χ1) is 13.0. The van der Waals surface area contributed by atoms with E-state index in [1.165, 1.54) is 28.0 Å². The average Bonchev–Trinajstić information content (AvgIpc) is 3.29. The van der Waals surface area contributed by atoms with Crippen LogP contribution in [0, 0.1) is 0 Å². The summed E-state index contributed by atoms with van der Waals surface area (Å²) in [4.78, 5) is 27.1. The summed E-state index contributed by atoms with van der Waals surface area (Å²) in [5.41, 5.74) is 0. The van der Waals surface area contributed by atoms with Crippen molar-refractivity contribution in [1.29, 1.82) is 0 Å². The highest BCUT2D eigenvalue weighted by Crippen LogP contribution is 2.25. The van der Waals surface area contributed by atoms with E-state index in [9.17, 15) is 9.59 Å². The number of anilines is 1. The second kappa shape index (κ2) is 11.3. The molecule has 0 aromatic carbocycles. The van der Waals surface area contributed by atoms with Crippen LogP contribution in [0.3, 0.4) is 0 Å². The van der Waals surface area contributed by atoms with Crippen LogP contribution in [-0.4, -0.2) is 58.3 Å². The first kappa shape index (κ1) is 21.6. The van der Waals surface area contributed by atoms with Gasteiger partial charge in [0.2, 0.25) is 16.9 Å². The Morgan fingerprint density at radius 3 is 2.81 bits per heavy atom. The Labute approximate surface area is 171 Å². The van der Waals surface area contributed by atoms with Crippen molar-refractivity contribution in [3.05, 3.63) is 22.4 Å². The largest absolute Gasteiger partial charge is 0.360 e. The molecule has 0 radical (unpaired) electrons. The quantitative estimate of drug-likeness (QED) is 0.536. The van der Waals surface area contributed by atoms with Gasteiger partial charge >= 0.3 is 0 Å². The molecule has 0 saturated carbocycles. The number of nitrogens with zero attached hydrogens (tertiary/aromatic N) is 3. The molecule has 27 heavy (non-hydrogen) atoms. The molecular formula is C17H25N5O2S3. The van der Waals surface area contributed by atoms with E-state index in [1.807, 2.05) is 26.8 Å². The van der Waals surface area contributed by atoms with E-state index >= 15 is 0 Å². The third-order valence-corrected chi connectivity index (χ3v) is 6.41. The first-order valence-electron chi connectivity index (χ1n) is 8.77. The van der Waals surface area contributed by atoms with E-state index < -0.39 is 0 Å². The number of thiophene rings is 1. The minimum atomic E-state index is -0.140. The molecule has 0 fully saturated rings. The standard InChI is InChI=1S/C17H25N5O2S3/c1-4-22(10-14(23)19-12(2)3)15(24)11-26-17-21-20-16(27-17)18-8-7-13-6-5-9-25-13/h5-6,9,12H,4,7-8,10-11H2,1-3H3,(H,18,20)(H,19,23). The maximum atomic E-state index is 12.3. The molecule has 2 N–H and O–H groups in total. The highest BCUT2D eigenvalue weighted by Gasteiger charge is 2.17. The molecule has 0 saturated heterocycles. The van der Waals surface area contributed by atoms with Crippen molar-refractivity contribution < 1.29 is 9.59 Å². The molecule has 0 spiro atoms. The van der Waals surface area contributed by atoms with Gasteiger partial charge < -0.3 is 15.5 Å². The number of hydrogen-bond acceptors (Lipinski definition) is 8. The van der Waals surface area contributed by atoms with Gasteiger partial charge in [0.15, 0.2) is 4.34 Å². The van der Waals surface area contributed by atoms with Crippen LogP contribution in [0.4, 0.5) is 5.13 Å². The topological polar surface area (TPSA) is 87.2 Å². The predicted octanol–water partition coefficient (Wildman–Crippen LogP) is 2.72. The normalized spacial score (nSPS) is 10.8. The monoisotopic (exact) mass is 427 g/mol. The van der Waals surface area contributed by atoms with E-state index in [4.69, 9.17) is 0 Å². The van der Waals surface area contributed by atoms with Gasteiger partial charge in [-0.3, -0.25) is 9.59 Å². The van der Waals surface area contributed by atoms with Crippen molar-refractivity contribution in [3.63, 3.8) is 0 Å². The van der Waals surface area contributed by atoms with Gasteiger partial charge in [-0.25, -0.2) is 0 Å². The molecule has 148 valence electrons. The van der Waals surface area contributed by atoms with Crippen LogP contribution in [0.5, 0.6) is 0 Å². The fourth-order valence-electron chi connectivity index (χ4n) is 2.22. The van der Waals surface area contributed by atoms with Gasteiger partial charge in [0.05, 0.1) is 12.3 Å². The van der Waals surface area contributed by atoms with Crippen molar-refractivity contribution in [2.24, 2.45) is 0 Å². The van der Waals surface area contributed by atoms with Crippen molar-refractivity contribution >= 4 is 51.4 Å². The summed E-state index contributed by atoms with van der Waals surface area (Å²) in [6.45, 7) is 7.04. The minimum Gasteiger partial charge on any atom is -0.360 e. The van der Waals surface area contributed by atoms with Crippen molar-refractivity contribution in [1.82, 2.24) is 20.4 Å². The molecule has 7 nitrogen and oxygen atoms in total. The third kappa shape index (κ3) is 7.86. The van der Waals surface area contributed by atoms with Crippen LogP contribution in [0.2, 0.25) is 0 Å². The SMILES string of the molecule is CCN(CC(=O)NC(C)C)C(=O)CSc1nnc(NCCc2cccs2)s1. The molecule has 0 aliphatic rings. The van der Waals surface area contributed by atoms with Gasteiger partial charge in [-0.05, 0) is 38.6 Å². The molecule has 0 bridgehead atoms. The zero-order valence-corrected chi connectivity index (χ0v) is 18.2. The van der Waals surface area contributed by atoms with Crippen LogP contribution >= 0.6 is 34.4 Å². The predicted molar refractivity (Wildman–Crippen MR) is 113 cm³/mol. The average molecular weight is 428 g/mol. The lowest BCUT2D eigenvalue weighted by molar-refractivity contribution is -0.134. The number of aromatic nitrogens is 2. The summed E-state index contributed by atoms with van der Waals surface area (Å²) in [6, 6.07) is 4.22. The minimum absolute atomic E-state index is 0.0628. The lowest BCUT2D eigenvalue weighted by Crippen LogP contribution is -2.43. The summed E-state index contributed by atoms with van der Waals surface area (Å²) in [7, 11) is 0. The highest BCUT2D eigenvalue weighted by molar-refractivity contribution is 8.01.